The number of carbonyl (C=O) groups excluding carboxylic acids is 2. The van der Waals surface area contributed by atoms with Gasteiger partial charge >= 0.3 is 5.97 Å². The number of amides is 1. The summed E-state index contributed by atoms with van der Waals surface area (Å²) in [6.45, 7) is 7.07. The summed E-state index contributed by atoms with van der Waals surface area (Å²) >= 11 is 0. The third kappa shape index (κ3) is 4.94. The number of para-hydroxylation sites is 1. The van der Waals surface area contributed by atoms with E-state index in [1.807, 2.05) is 13.8 Å². The molecule has 0 fully saturated rings. The van der Waals surface area contributed by atoms with Crippen LogP contribution in [0.15, 0.2) is 36.4 Å². The zero-order chi connectivity index (χ0) is 20.1. The van der Waals surface area contributed by atoms with E-state index in [2.05, 4.69) is 5.32 Å². The molecular formula is C21H23NO5. The zero-order valence-corrected chi connectivity index (χ0v) is 15.8. The number of anilines is 1. The number of aryl methyl sites for hydroxylation is 2. The lowest BCUT2D eigenvalue weighted by atomic mass is 9.96. The number of rotatable bonds is 7. The first kappa shape index (κ1) is 20.2. The SMILES string of the molecule is Cc1cc(OCC(=O)Nc2ccccc2C(=O)O)c(C(=O)C(C)C)cc1C. The van der Waals surface area contributed by atoms with E-state index in [1.165, 1.54) is 12.1 Å². The molecule has 0 aliphatic rings. The number of nitrogens with one attached hydrogen (secondary N) is 1. The van der Waals surface area contributed by atoms with E-state index in [1.54, 1.807) is 38.1 Å². The second kappa shape index (κ2) is 8.49. The van der Waals surface area contributed by atoms with Crippen LogP contribution >= 0.6 is 0 Å². The van der Waals surface area contributed by atoms with Crippen molar-refractivity contribution in [3.8, 4) is 5.75 Å². The largest absolute Gasteiger partial charge is 0.483 e. The predicted molar refractivity (Wildman–Crippen MR) is 103 cm³/mol. The predicted octanol–water partition coefficient (Wildman–Crippen LogP) is 3.86. The van der Waals surface area contributed by atoms with Gasteiger partial charge in [0.25, 0.3) is 5.91 Å². The monoisotopic (exact) mass is 369 g/mol. The summed E-state index contributed by atoms with van der Waals surface area (Å²) in [5, 5.41) is 11.7. The molecule has 0 aliphatic carbocycles. The van der Waals surface area contributed by atoms with Gasteiger partial charge in [0.1, 0.15) is 5.75 Å². The molecule has 2 N–H and O–H groups in total. The molecule has 0 spiro atoms. The number of aromatic carboxylic acids is 1. The highest BCUT2D eigenvalue weighted by atomic mass is 16.5. The Morgan fingerprint density at radius 3 is 2.30 bits per heavy atom. The van der Waals surface area contributed by atoms with Crippen LogP contribution in [0.3, 0.4) is 0 Å². The molecule has 2 aromatic carbocycles. The quantitative estimate of drug-likeness (QED) is 0.723. The van der Waals surface area contributed by atoms with Crippen LogP contribution in [0, 0.1) is 19.8 Å². The third-order valence-electron chi connectivity index (χ3n) is 4.18. The van der Waals surface area contributed by atoms with Crippen molar-refractivity contribution >= 4 is 23.3 Å². The summed E-state index contributed by atoms with van der Waals surface area (Å²) in [5.74, 6) is -1.57. The van der Waals surface area contributed by atoms with Crippen molar-refractivity contribution < 1.29 is 24.2 Å². The lowest BCUT2D eigenvalue weighted by molar-refractivity contribution is -0.118. The van der Waals surface area contributed by atoms with Crippen LogP contribution in [0.5, 0.6) is 5.75 Å². The van der Waals surface area contributed by atoms with Crippen LogP contribution in [0.25, 0.3) is 0 Å². The molecular weight excluding hydrogens is 346 g/mol. The van der Waals surface area contributed by atoms with Crippen molar-refractivity contribution in [3.63, 3.8) is 0 Å². The smallest absolute Gasteiger partial charge is 0.337 e. The first-order chi connectivity index (χ1) is 12.7. The van der Waals surface area contributed by atoms with Gasteiger partial charge in [-0.25, -0.2) is 4.79 Å². The molecule has 2 rings (SSSR count). The Morgan fingerprint density at radius 1 is 1.04 bits per heavy atom. The van der Waals surface area contributed by atoms with Gasteiger partial charge in [-0.05, 0) is 49.2 Å². The van der Waals surface area contributed by atoms with Crippen molar-refractivity contribution in [2.45, 2.75) is 27.7 Å². The Labute approximate surface area is 158 Å². The second-order valence-corrected chi connectivity index (χ2v) is 6.64. The average Bonchev–Trinajstić information content (AvgIpc) is 2.61. The maximum atomic E-state index is 12.4. The Hall–Kier alpha value is -3.15. The van der Waals surface area contributed by atoms with E-state index >= 15 is 0 Å². The molecule has 0 saturated carbocycles. The zero-order valence-electron chi connectivity index (χ0n) is 15.8. The minimum Gasteiger partial charge on any atom is -0.483 e. The molecule has 1 amide bonds. The Kier molecular flexibility index (Phi) is 6.34. The first-order valence-corrected chi connectivity index (χ1v) is 8.61. The lowest BCUT2D eigenvalue weighted by Crippen LogP contribution is -2.22. The molecule has 0 unspecified atom stereocenters. The van der Waals surface area contributed by atoms with Crippen molar-refractivity contribution in [1.29, 1.82) is 0 Å². The van der Waals surface area contributed by atoms with Crippen LogP contribution in [0.2, 0.25) is 0 Å². The van der Waals surface area contributed by atoms with Crippen LogP contribution in [-0.2, 0) is 4.79 Å². The van der Waals surface area contributed by atoms with Crippen molar-refractivity contribution in [2.75, 3.05) is 11.9 Å². The molecule has 0 bridgehead atoms. The van der Waals surface area contributed by atoms with E-state index in [0.717, 1.165) is 11.1 Å². The Balaban J connectivity index is 2.17. The second-order valence-electron chi connectivity index (χ2n) is 6.64. The van der Waals surface area contributed by atoms with Gasteiger partial charge in [0.2, 0.25) is 0 Å². The Morgan fingerprint density at radius 2 is 1.67 bits per heavy atom. The summed E-state index contributed by atoms with van der Waals surface area (Å²) < 4.78 is 5.60. The number of ether oxygens (including phenoxy) is 1. The summed E-state index contributed by atoms with van der Waals surface area (Å²) in [6.07, 6.45) is 0. The number of hydrogen-bond donors (Lipinski definition) is 2. The maximum Gasteiger partial charge on any atom is 0.337 e. The van der Waals surface area contributed by atoms with Gasteiger partial charge in [-0.2, -0.15) is 0 Å². The van der Waals surface area contributed by atoms with Crippen LogP contribution < -0.4 is 10.1 Å². The van der Waals surface area contributed by atoms with Gasteiger partial charge < -0.3 is 15.2 Å². The van der Waals surface area contributed by atoms with Crippen molar-refractivity contribution in [2.24, 2.45) is 5.92 Å². The van der Waals surface area contributed by atoms with Gasteiger partial charge in [-0.1, -0.05) is 26.0 Å². The first-order valence-electron chi connectivity index (χ1n) is 8.61. The van der Waals surface area contributed by atoms with Crippen LogP contribution in [0.4, 0.5) is 5.69 Å². The molecule has 6 heteroatoms. The normalized spacial score (nSPS) is 10.6. The highest BCUT2D eigenvalue weighted by molar-refractivity contribution is 6.02. The molecule has 0 aliphatic heterocycles. The molecule has 27 heavy (non-hydrogen) atoms. The number of hydrogen-bond acceptors (Lipinski definition) is 4. The van der Waals surface area contributed by atoms with E-state index in [4.69, 9.17) is 4.74 Å². The van der Waals surface area contributed by atoms with Gasteiger partial charge in [0.05, 0.1) is 16.8 Å². The molecule has 142 valence electrons. The molecule has 6 nitrogen and oxygen atoms in total. The number of ketones is 1. The highest BCUT2D eigenvalue weighted by Gasteiger charge is 2.19. The lowest BCUT2D eigenvalue weighted by Gasteiger charge is -2.15. The molecule has 0 radical (unpaired) electrons. The number of carbonyl (C=O) groups is 3. The molecule has 0 aromatic heterocycles. The number of benzene rings is 2. The minimum absolute atomic E-state index is 0.00675. The number of carboxylic acids is 1. The van der Waals surface area contributed by atoms with E-state index in [-0.39, 0.29) is 29.6 Å². The van der Waals surface area contributed by atoms with Crippen molar-refractivity contribution in [3.05, 3.63) is 58.7 Å². The van der Waals surface area contributed by atoms with Gasteiger partial charge in [-0.3, -0.25) is 9.59 Å². The van der Waals surface area contributed by atoms with E-state index in [9.17, 15) is 19.5 Å². The topological polar surface area (TPSA) is 92.7 Å². The summed E-state index contributed by atoms with van der Waals surface area (Å²) in [5.41, 5.74) is 2.53. The fraction of sp³-hybridized carbons (Fsp3) is 0.286. The molecule has 0 heterocycles. The fourth-order valence-corrected chi connectivity index (χ4v) is 2.52. The molecule has 0 atom stereocenters. The fourth-order valence-electron chi connectivity index (χ4n) is 2.52. The third-order valence-corrected chi connectivity index (χ3v) is 4.18. The number of Topliss-reactive ketones (excluding diaryl/α,β-unsaturated/α-hetero) is 1. The van der Waals surface area contributed by atoms with E-state index in [0.29, 0.717) is 11.3 Å². The van der Waals surface area contributed by atoms with Gasteiger partial charge in [0.15, 0.2) is 12.4 Å². The van der Waals surface area contributed by atoms with E-state index < -0.39 is 11.9 Å². The van der Waals surface area contributed by atoms with Crippen LogP contribution in [-0.4, -0.2) is 29.4 Å². The molecule has 0 saturated heterocycles. The standard InChI is InChI=1S/C21H23NO5/c1-12(2)20(24)16-9-13(3)14(4)10-18(16)27-11-19(23)22-17-8-6-5-7-15(17)21(25)26/h5-10,12H,11H2,1-4H3,(H,22,23)(H,25,26). The molecule has 2 aromatic rings. The average molecular weight is 369 g/mol. The highest BCUT2D eigenvalue weighted by Crippen LogP contribution is 2.26. The van der Waals surface area contributed by atoms with Gasteiger partial charge in [-0.15, -0.1) is 0 Å². The van der Waals surface area contributed by atoms with Crippen molar-refractivity contribution in [1.82, 2.24) is 0 Å². The summed E-state index contributed by atoms with van der Waals surface area (Å²) in [7, 11) is 0. The Bertz CT molecular complexity index is 886. The summed E-state index contributed by atoms with van der Waals surface area (Å²) in [6, 6.07) is 9.63. The van der Waals surface area contributed by atoms with Crippen LogP contribution in [0.1, 0.15) is 45.7 Å². The van der Waals surface area contributed by atoms with Gasteiger partial charge in [0, 0.05) is 5.92 Å². The summed E-state index contributed by atoms with van der Waals surface area (Å²) in [4.78, 5) is 35.9. The maximum absolute atomic E-state index is 12.4. The minimum atomic E-state index is -1.13. The number of carboxylic acid groups (broad SMARTS) is 1.